The van der Waals surface area contributed by atoms with E-state index in [1.54, 1.807) is 24.8 Å². The van der Waals surface area contributed by atoms with E-state index in [9.17, 15) is 4.79 Å². The third kappa shape index (κ3) is 7.05. The van der Waals surface area contributed by atoms with E-state index in [-0.39, 0.29) is 5.24 Å². The molecule has 0 aliphatic heterocycles. The third-order valence-electron chi connectivity index (χ3n) is 2.12. The van der Waals surface area contributed by atoms with Gasteiger partial charge in [0.05, 0.1) is 5.69 Å². The second-order valence-corrected chi connectivity index (χ2v) is 3.92. The van der Waals surface area contributed by atoms with Crippen LogP contribution < -0.4 is 10.6 Å². The highest BCUT2D eigenvalue weighted by atomic mass is 32.1. The minimum atomic E-state index is -0.325. The number of hydrogen-bond donors (Lipinski definition) is 3. The molecule has 1 amide bonds. The van der Waals surface area contributed by atoms with Gasteiger partial charge in [0.15, 0.2) is 0 Å². The smallest absolute Gasteiger partial charge is 0.276 e. The Balaban J connectivity index is 0.000000200. The Morgan fingerprint density at radius 1 is 1.21 bits per heavy atom. The van der Waals surface area contributed by atoms with Crippen molar-refractivity contribution in [1.29, 1.82) is 0 Å². The van der Waals surface area contributed by atoms with Crippen molar-refractivity contribution in [3.05, 3.63) is 54.6 Å². The Hall–Kier alpha value is -2.08. The van der Waals surface area contributed by atoms with Crippen LogP contribution in [-0.2, 0) is 6.54 Å². The Morgan fingerprint density at radius 3 is 2.32 bits per heavy atom. The van der Waals surface area contributed by atoms with Crippen molar-refractivity contribution in [1.82, 2.24) is 15.3 Å². The molecule has 5 nitrogen and oxygen atoms in total. The van der Waals surface area contributed by atoms with Crippen LogP contribution in [0.1, 0.15) is 5.56 Å². The Morgan fingerprint density at radius 2 is 1.89 bits per heavy atom. The summed E-state index contributed by atoms with van der Waals surface area (Å²) in [5.41, 5.74) is 2.02. The van der Waals surface area contributed by atoms with Crippen LogP contribution in [0.4, 0.5) is 10.5 Å². The average molecular weight is 276 g/mol. The molecule has 2 aromatic heterocycles. The summed E-state index contributed by atoms with van der Waals surface area (Å²) in [7, 11) is 1.87. The molecule has 2 N–H and O–H groups in total. The summed E-state index contributed by atoms with van der Waals surface area (Å²) in [4.78, 5) is 18.1. The number of pyridine rings is 2. The molecule has 0 aromatic carbocycles. The first-order chi connectivity index (χ1) is 9.22. The molecule has 0 saturated carbocycles. The van der Waals surface area contributed by atoms with Gasteiger partial charge in [0, 0.05) is 38.4 Å². The van der Waals surface area contributed by atoms with Crippen LogP contribution in [0.15, 0.2) is 49.1 Å². The fraction of sp³-hybridized carbons (Fsp3) is 0.154. The second kappa shape index (κ2) is 8.93. The molecule has 2 heterocycles. The van der Waals surface area contributed by atoms with Gasteiger partial charge in [-0.25, -0.2) is 0 Å². The number of nitrogens with one attached hydrogen (secondary N) is 2. The minimum absolute atomic E-state index is 0.325. The molecule has 0 unspecified atom stereocenters. The molecule has 0 aliphatic rings. The third-order valence-corrected chi connectivity index (χ3v) is 2.27. The monoisotopic (exact) mass is 276 g/mol. The highest BCUT2D eigenvalue weighted by Crippen LogP contribution is 1.98. The topological polar surface area (TPSA) is 66.9 Å². The zero-order valence-electron chi connectivity index (χ0n) is 10.6. The number of rotatable bonds is 3. The van der Waals surface area contributed by atoms with E-state index in [4.69, 9.17) is 0 Å². The van der Waals surface area contributed by atoms with E-state index in [2.05, 4.69) is 33.2 Å². The van der Waals surface area contributed by atoms with Gasteiger partial charge >= 0.3 is 0 Å². The molecule has 0 bridgehead atoms. The van der Waals surface area contributed by atoms with E-state index in [0.29, 0.717) is 6.54 Å². The Bertz CT molecular complexity index is 479. The van der Waals surface area contributed by atoms with Gasteiger partial charge in [-0.3, -0.25) is 14.8 Å². The average Bonchev–Trinajstić information content (AvgIpc) is 2.48. The first kappa shape index (κ1) is 15.0. The van der Waals surface area contributed by atoms with E-state index >= 15 is 0 Å². The normalized spacial score (nSPS) is 8.95. The number of nitrogens with zero attached hydrogens (tertiary/aromatic N) is 2. The highest BCUT2D eigenvalue weighted by Gasteiger charge is 1.92. The van der Waals surface area contributed by atoms with Crippen LogP contribution >= 0.6 is 12.6 Å². The molecule has 0 spiro atoms. The standard InChI is InChI=1S/C7H8N2OS.C6H8N2/c10-7(11)9-5-6-2-1-3-8-4-6;1-7-6-3-2-4-8-5-6/h1-4H,5H2,(H2,9,10,11);2-5,7H,1H3. The van der Waals surface area contributed by atoms with Gasteiger partial charge in [-0.1, -0.05) is 18.7 Å². The lowest BCUT2D eigenvalue weighted by Gasteiger charge is -1.98. The number of aromatic nitrogens is 2. The summed E-state index contributed by atoms with van der Waals surface area (Å²) in [5, 5.41) is 5.19. The summed E-state index contributed by atoms with van der Waals surface area (Å²) in [6.07, 6.45) is 6.91. The van der Waals surface area contributed by atoms with Crippen LogP contribution in [0.3, 0.4) is 0 Å². The van der Waals surface area contributed by atoms with E-state index in [0.717, 1.165) is 11.3 Å². The van der Waals surface area contributed by atoms with Crippen LogP contribution in [0.5, 0.6) is 0 Å². The second-order valence-electron chi connectivity index (χ2n) is 3.51. The van der Waals surface area contributed by atoms with Crippen molar-refractivity contribution in [2.45, 2.75) is 6.54 Å². The molecule has 100 valence electrons. The number of thiol groups is 1. The fourth-order valence-electron chi connectivity index (χ4n) is 1.19. The molecule has 6 heteroatoms. The van der Waals surface area contributed by atoms with Crippen molar-refractivity contribution in [2.75, 3.05) is 12.4 Å². The molecular formula is C13H16N4OS. The lowest BCUT2D eigenvalue weighted by Crippen LogP contribution is -2.15. The first-order valence-electron chi connectivity index (χ1n) is 5.66. The number of carbonyl (C=O) groups excluding carboxylic acids is 1. The molecule has 0 saturated heterocycles. The maximum absolute atomic E-state index is 10.3. The summed E-state index contributed by atoms with van der Waals surface area (Å²) < 4.78 is 0. The van der Waals surface area contributed by atoms with Crippen LogP contribution in [-0.4, -0.2) is 22.3 Å². The van der Waals surface area contributed by atoms with Gasteiger partial charge < -0.3 is 10.6 Å². The molecule has 0 radical (unpaired) electrons. The number of hydrogen-bond acceptors (Lipinski definition) is 4. The van der Waals surface area contributed by atoms with Crippen LogP contribution in [0.25, 0.3) is 0 Å². The molecule has 0 atom stereocenters. The van der Waals surface area contributed by atoms with Gasteiger partial charge in [0.25, 0.3) is 5.24 Å². The molecule has 0 aliphatic carbocycles. The van der Waals surface area contributed by atoms with E-state index < -0.39 is 0 Å². The Kier molecular flexibility index (Phi) is 7.04. The molecule has 2 aromatic rings. The van der Waals surface area contributed by atoms with Gasteiger partial charge in [0.1, 0.15) is 0 Å². The molecule has 2 rings (SSSR count). The first-order valence-corrected chi connectivity index (χ1v) is 6.10. The summed E-state index contributed by atoms with van der Waals surface area (Å²) >= 11 is 3.56. The molecular weight excluding hydrogens is 260 g/mol. The lowest BCUT2D eigenvalue weighted by molar-refractivity contribution is 0.260. The predicted molar refractivity (Wildman–Crippen MR) is 79.2 cm³/mol. The van der Waals surface area contributed by atoms with Crippen LogP contribution in [0, 0.1) is 0 Å². The van der Waals surface area contributed by atoms with Crippen molar-refractivity contribution in [2.24, 2.45) is 0 Å². The summed E-state index contributed by atoms with van der Waals surface area (Å²) in [6, 6.07) is 7.57. The number of carbonyl (C=O) groups is 1. The number of amides is 1. The van der Waals surface area contributed by atoms with Gasteiger partial charge in [0.2, 0.25) is 0 Å². The van der Waals surface area contributed by atoms with Crippen molar-refractivity contribution in [3.8, 4) is 0 Å². The maximum Gasteiger partial charge on any atom is 0.276 e. The van der Waals surface area contributed by atoms with E-state index in [1.165, 1.54) is 0 Å². The fourth-order valence-corrected chi connectivity index (χ4v) is 1.27. The van der Waals surface area contributed by atoms with Crippen molar-refractivity contribution in [3.63, 3.8) is 0 Å². The minimum Gasteiger partial charge on any atom is -0.387 e. The summed E-state index contributed by atoms with van der Waals surface area (Å²) in [5.74, 6) is 0. The number of anilines is 1. The molecule has 19 heavy (non-hydrogen) atoms. The van der Waals surface area contributed by atoms with Crippen molar-refractivity contribution >= 4 is 23.6 Å². The lowest BCUT2D eigenvalue weighted by atomic mass is 10.3. The summed E-state index contributed by atoms with van der Waals surface area (Å²) in [6.45, 7) is 0.482. The zero-order valence-corrected chi connectivity index (χ0v) is 11.5. The van der Waals surface area contributed by atoms with Gasteiger partial charge in [-0.2, -0.15) is 0 Å². The highest BCUT2D eigenvalue weighted by molar-refractivity contribution is 7.96. The van der Waals surface area contributed by atoms with Gasteiger partial charge in [-0.05, 0) is 23.8 Å². The Labute approximate surface area is 117 Å². The van der Waals surface area contributed by atoms with Gasteiger partial charge in [-0.15, -0.1) is 0 Å². The van der Waals surface area contributed by atoms with Crippen LogP contribution in [0.2, 0.25) is 0 Å². The van der Waals surface area contributed by atoms with Crippen molar-refractivity contribution < 1.29 is 4.79 Å². The predicted octanol–water partition coefficient (Wildman–Crippen LogP) is 2.34. The van der Waals surface area contributed by atoms with E-state index in [1.807, 2.05) is 31.3 Å². The largest absolute Gasteiger partial charge is 0.387 e. The molecule has 0 fully saturated rings. The SMILES string of the molecule is CNc1cccnc1.O=C(S)NCc1cccnc1. The quantitative estimate of drug-likeness (QED) is 0.753. The maximum atomic E-state index is 10.3. The zero-order chi connectivity index (χ0) is 13.9.